The first-order valence-corrected chi connectivity index (χ1v) is 12.3. The second-order valence-electron chi connectivity index (χ2n) is 9.12. The highest BCUT2D eigenvalue weighted by Crippen LogP contribution is 2.49. The van der Waals surface area contributed by atoms with Crippen LogP contribution in [-0.4, -0.2) is 27.4 Å². The van der Waals surface area contributed by atoms with E-state index < -0.39 is 23.9 Å². The number of allylic oxidation sites excluding steroid dienone is 1. The molecule has 9 heteroatoms. The Morgan fingerprint density at radius 3 is 2.53 bits per heavy atom. The van der Waals surface area contributed by atoms with Gasteiger partial charge in [-0.15, -0.1) is 0 Å². The molecule has 1 saturated heterocycles. The number of hydrogen-bond donors (Lipinski definition) is 2. The van der Waals surface area contributed by atoms with Gasteiger partial charge in [-0.1, -0.05) is 12.1 Å². The fraction of sp³-hybridized carbons (Fsp3) is 0.320. The number of carbonyl (C=O) groups is 1. The summed E-state index contributed by atoms with van der Waals surface area (Å²) < 4.78 is 17.1. The van der Waals surface area contributed by atoms with Crippen LogP contribution in [0.2, 0.25) is 0 Å². The minimum Gasteiger partial charge on any atom is -0.399 e. The lowest BCUT2D eigenvalue weighted by molar-refractivity contribution is -0.614. The molecule has 0 aromatic heterocycles. The average Bonchev–Trinajstić information content (AvgIpc) is 3.62. The van der Waals surface area contributed by atoms with Crippen molar-refractivity contribution in [3.63, 3.8) is 0 Å². The lowest BCUT2D eigenvalue weighted by Crippen LogP contribution is -2.48. The van der Waals surface area contributed by atoms with Gasteiger partial charge in [0.05, 0.1) is 11.3 Å². The van der Waals surface area contributed by atoms with Crippen molar-refractivity contribution in [2.75, 3.05) is 11.1 Å². The van der Waals surface area contributed by atoms with E-state index in [1.807, 2.05) is 22.6 Å². The molecule has 0 spiro atoms. The van der Waals surface area contributed by atoms with E-state index in [-0.39, 0.29) is 17.4 Å². The van der Waals surface area contributed by atoms with Gasteiger partial charge in [0.1, 0.15) is 17.1 Å². The lowest BCUT2D eigenvalue weighted by Gasteiger charge is -2.30. The molecule has 34 heavy (non-hydrogen) atoms. The maximum atomic E-state index is 14.7. The highest BCUT2D eigenvalue weighted by molar-refractivity contribution is 14.1. The number of nitroso groups, excluding NO2 is 2. The number of hydrogen-bond acceptors (Lipinski definition) is 5. The van der Waals surface area contributed by atoms with Crippen molar-refractivity contribution < 1.29 is 18.7 Å². The van der Waals surface area contributed by atoms with Gasteiger partial charge < -0.3 is 11.1 Å². The van der Waals surface area contributed by atoms with E-state index >= 15 is 0 Å². The third kappa shape index (κ3) is 3.66. The van der Waals surface area contributed by atoms with Crippen LogP contribution in [-0.2, 0) is 4.79 Å². The van der Waals surface area contributed by atoms with Gasteiger partial charge in [0.2, 0.25) is 17.5 Å². The highest BCUT2D eigenvalue weighted by atomic mass is 127. The van der Waals surface area contributed by atoms with Crippen LogP contribution in [0.5, 0.6) is 0 Å². The summed E-state index contributed by atoms with van der Waals surface area (Å²) in [5, 5.41) is 3.04. The van der Waals surface area contributed by atoms with E-state index in [1.165, 1.54) is 6.07 Å². The van der Waals surface area contributed by atoms with Crippen LogP contribution in [0.15, 0.2) is 65.0 Å². The van der Waals surface area contributed by atoms with Crippen molar-refractivity contribution in [1.82, 2.24) is 0 Å². The van der Waals surface area contributed by atoms with E-state index in [0.717, 1.165) is 25.9 Å². The van der Waals surface area contributed by atoms with Crippen molar-refractivity contribution in [1.29, 1.82) is 0 Å². The number of nitrogens with one attached hydrogen (secondary N) is 1. The monoisotopic (exact) mass is 574 g/mol. The third-order valence-corrected chi connectivity index (χ3v) is 7.51. The van der Waals surface area contributed by atoms with Gasteiger partial charge in [0, 0.05) is 53.9 Å². The molecular formula is C25H24FIN4O3+2. The van der Waals surface area contributed by atoms with Gasteiger partial charge in [-0.3, -0.25) is 4.79 Å². The van der Waals surface area contributed by atoms with E-state index in [9.17, 15) is 19.0 Å². The number of ketones is 1. The number of rotatable bonds is 4. The molecule has 1 aliphatic carbocycles. The SMILES string of the molecule is CC1=C2C(=C(Nc3ccc(I)cc3F)C(C)[N+]1=O)C(=O)C(C1CC1)[N+](=O)C2c1cccc(N)c1. The molecule has 1 saturated carbocycles. The zero-order valence-corrected chi connectivity index (χ0v) is 20.9. The molecule has 0 amide bonds. The summed E-state index contributed by atoms with van der Waals surface area (Å²) in [4.78, 5) is 40.7. The van der Waals surface area contributed by atoms with Crippen LogP contribution < -0.4 is 11.1 Å². The average molecular weight is 574 g/mol. The normalized spacial score (nSPS) is 25.1. The van der Waals surface area contributed by atoms with Crippen molar-refractivity contribution >= 4 is 39.7 Å². The van der Waals surface area contributed by atoms with Crippen molar-refractivity contribution in [3.05, 3.63) is 89.8 Å². The molecule has 5 rings (SSSR count). The Labute approximate surface area is 209 Å². The second-order valence-corrected chi connectivity index (χ2v) is 10.4. The Bertz CT molecular complexity index is 1330. The summed E-state index contributed by atoms with van der Waals surface area (Å²) in [5.41, 5.74) is 8.55. The van der Waals surface area contributed by atoms with Gasteiger partial charge in [-0.05, 0) is 65.8 Å². The summed E-state index contributed by atoms with van der Waals surface area (Å²) >= 11 is 2.02. The number of nitrogens with zero attached hydrogens (tertiary/aromatic N) is 2. The maximum Gasteiger partial charge on any atom is 0.267 e. The summed E-state index contributed by atoms with van der Waals surface area (Å²) in [7, 11) is 0. The van der Waals surface area contributed by atoms with Gasteiger partial charge in [-0.2, -0.15) is 0 Å². The van der Waals surface area contributed by atoms with Crippen LogP contribution in [0.3, 0.4) is 0 Å². The number of nitrogen functional groups attached to an aromatic ring is 1. The molecule has 2 aromatic carbocycles. The van der Waals surface area contributed by atoms with E-state index in [0.29, 0.717) is 33.8 Å². The van der Waals surface area contributed by atoms with Crippen LogP contribution >= 0.6 is 22.6 Å². The Hall–Kier alpha value is -2.95. The minimum absolute atomic E-state index is 0.0419. The predicted molar refractivity (Wildman–Crippen MR) is 134 cm³/mol. The summed E-state index contributed by atoms with van der Waals surface area (Å²) in [6.07, 6.45) is 1.59. The molecule has 3 atom stereocenters. The summed E-state index contributed by atoms with van der Waals surface area (Å²) in [6, 6.07) is 9.16. The second kappa shape index (κ2) is 8.37. The molecule has 174 valence electrons. The van der Waals surface area contributed by atoms with Crippen LogP contribution in [0, 0.1) is 25.1 Å². The molecule has 3 N–H and O–H groups in total. The maximum absolute atomic E-state index is 14.7. The van der Waals surface area contributed by atoms with Crippen molar-refractivity contribution in [2.45, 2.75) is 44.8 Å². The Balaban J connectivity index is 1.74. The smallest absolute Gasteiger partial charge is 0.267 e. The standard InChI is InChI=1S/C25H23FIN4O3/c1-12-20-21(22(13(2)30(12)33)29-19-9-8-16(27)11-18(19)26)25(32)24(14-6-7-14)31(34)23(20)15-4-3-5-17(28)10-15/h3-5,8-11,13-14,23-24H,6-7,28H2,1-2H3/q+1/p+1. The predicted octanol–water partition coefficient (Wildman–Crippen LogP) is 5.02. The van der Waals surface area contributed by atoms with Gasteiger partial charge >= 0.3 is 0 Å². The van der Waals surface area contributed by atoms with Gasteiger partial charge in [0.15, 0.2) is 0 Å². The molecule has 3 aliphatic rings. The van der Waals surface area contributed by atoms with Crippen LogP contribution in [0.1, 0.15) is 38.3 Å². The molecule has 7 nitrogen and oxygen atoms in total. The topological polar surface area (TPSA) is 95.3 Å². The molecular weight excluding hydrogens is 550 g/mol. The van der Waals surface area contributed by atoms with E-state index in [1.54, 1.807) is 50.2 Å². The Morgan fingerprint density at radius 1 is 1.15 bits per heavy atom. The van der Waals surface area contributed by atoms with Crippen LogP contribution in [0.4, 0.5) is 15.8 Å². The van der Waals surface area contributed by atoms with Crippen molar-refractivity contribution in [2.24, 2.45) is 5.92 Å². The molecule has 3 unspecified atom stereocenters. The fourth-order valence-corrected chi connectivity index (χ4v) is 5.45. The summed E-state index contributed by atoms with van der Waals surface area (Å²) in [6.45, 7) is 3.30. The first kappa shape index (κ1) is 22.8. The number of carbonyl (C=O) groups excluding carboxylic acids is 1. The molecule has 2 heterocycles. The molecule has 2 aromatic rings. The van der Waals surface area contributed by atoms with Crippen LogP contribution in [0.25, 0.3) is 0 Å². The minimum atomic E-state index is -0.871. The lowest BCUT2D eigenvalue weighted by atomic mass is 9.77. The Kier molecular flexibility index (Phi) is 5.62. The summed E-state index contributed by atoms with van der Waals surface area (Å²) in [5.74, 6) is -0.850. The van der Waals surface area contributed by atoms with Crippen molar-refractivity contribution in [3.8, 4) is 0 Å². The number of benzene rings is 2. The molecule has 0 radical (unpaired) electrons. The quantitative estimate of drug-likeness (QED) is 0.304. The number of Topliss-reactive ketones (excluding diaryl/α,β-unsaturated/α-hetero) is 1. The number of piperidine rings is 1. The molecule has 0 bridgehead atoms. The fourth-order valence-electron chi connectivity index (χ4n) is 4.99. The Morgan fingerprint density at radius 2 is 1.88 bits per heavy atom. The largest absolute Gasteiger partial charge is 0.399 e. The number of nitrogens with two attached hydrogens (primary N) is 1. The highest BCUT2D eigenvalue weighted by Gasteiger charge is 2.61. The first-order chi connectivity index (χ1) is 16.2. The zero-order valence-electron chi connectivity index (χ0n) is 18.7. The molecule has 2 aliphatic heterocycles. The third-order valence-electron chi connectivity index (χ3n) is 6.84. The van der Waals surface area contributed by atoms with E-state index in [4.69, 9.17) is 5.73 Å². The number of halogens is 2. The number of anilines is 2. The number of fused-ring (bicyclic) bond motifs is 1. The van der Waals surface area contributed by atoms with E-state index in [2.05, 4.69) is 5.32 Å². The zero-order chi connectivity index (χ0) is 24.3. The van der Waals surface area contributed by atoms with Gasteiger partial charge in [-0.25, -0.2) is 4.39 Å². The van der Waals surface area contributed by atoms with Gasteiger partial charge in [0.25, 0.3) is 12.1 Å². The first-order valence-electron chi connectivity index (χ1n) is 11.2. The molecule has 2 fully saturated rings.